The topological polar surface area (TPSA) is 51.8 Å². The second-order valence-electron chi connectivity index (χ2n) is 16.2. The molecule has 0 saturated carbocycles. The highest BCUT2D eigenvalue weighted by Gasteiger charge is 2.51. The summed E-state index contributed by atoms with van der Waals surface area (Å²) >= 11 is 0. The van der Waals surface area contributed by atoms with Crippen LogP contribution in [-0.4, -0.2) is 15.0 Å². The van der Waals surface area contributed by atoms with Crippen LogP contribution in [0.1, 0.15) is 22.3 Å². The molecule has 288 valence electrons. The molecule has 0 aliphatic heterocycles. The largest absolute Gasteiger partial charge is 0.456 e. The molecule has 4 nitrogen and oxygen atoms in total. The third kappa shape index (κ3) is 4.98. The zero-order valence-corrected chi connectivity index (χ0v) is 33.5. The summed E-state index contributed by atoms with van der Waals surface area (Å²) in [6.07, 6.45) is 0. The van der Waals surface area contributed by atoms with Crippen molar-refractivity contribution in [2.45, 2.75) is 5.41 Å². The Hall–Kier alpha value is -8.21. The molecule has 0 radical (unpaired) electrons. The third-order valence-corrected chi connectivity index (χ3v) is 13.0. The molecule has 9 aromatic carbocycles. The minimum atomic E-state index is -0.389. The fraction of sp³-hybridized carbons (Fsp3) is 0.0172. The van der Waals surface area contributed by atoms with Crippen LogP contribution in [0, 0.1) is 0 Å². The molecule has 0 amide bonds. The SMILES string of the molecule is c1ccc(-c2nc(-c3ccccc3)nc(-c3cccc4oc5ccc(-c6cccc(-c7cccc8c7-c7ccccc7C87c8ccccc8-c8ccccc87)c6)cc5c34)n2)cc1. The standard InChI is InChI=1S/C58H35N3O/c1-3-16-36(17-4-1)55-59-56(37-18-5-2-6-19-37)61-57(60-55)45-26-15-31-52-54(45)46-35-39(32-33-51(46)62-52)38-20-13-21-40(34-38)41-25-14-30-50-53(41)44-24-9-12-29-49(44)58(50)47-27-10-7-22-42(47)43-23-8-11-28-48(43)58/h1-35H. The molecule has 13 rings (SSSR count). The van der Waals surface area contributed by atoms with Gasteiger partial charge in [0, 0.05) is 27.5 Å². The van der Waals surface area contributed by atoms with E-state index < -0.39 is 0 Å². The molecule has 2 aromatic heterocycles. The molecule has 11 aromatic rings. The fourth-order valence-corrected chi connectivity index (χ4v) is 10.4. The molecule has 0 bridgehead atoms. The molecule has 1 spiro atoms. The maximum atomic E-state index is 6.54. The lowest BCUT2D eigenvalue weighted by molar-refractivity contribution is 0.669. The van der Waals surface area contributed by atoms with Gasteiger partial charge in [-0.3, -0.25) is 0 Å². The minimum Gasteiger partial charge on any atom is -0.456 e. The van der Waals surface area contributed by atoms with Crippen molar-refractivity contribution in [3.05, 3.63) is 235 Å². The van der Waals surface area contributed by atoms with Gasteiger partial charge in [-0.15, -0.1) is 0 Å². The average Bonchev–Trinajstić information content (AvgIpc) is 3.98. The number of fused-ring (bicyclic) bond motifs is 13. The van der Waals surface area contributed by atoms with Crippen molar-refractivity contribution in [2.24, 2.45) is 0 Å². The summed E-state index contributed by atoms with van der Waals surface area (Å²) < 4.78 is 6.54. The summed E-state index contributed by atoms with van der Waals surface area (Å²) in [4.78, 5) is 15.1. The van der Waals surface area contributed by atoms with Gasteiger partial charge in [-0.05, 0) is 91.0 Å². The van der Waals surface area contributed by atoms with Crippen LogP contribution in [0.4, 0.5) is 0 Å². The zero-order valence-electron chi connectivity index (χ0n) is 33.5. The number of benzene rings is 9. The smallest absolute Gasteiger partial charge is 0.164 e. The van der Waals surface area contributed by atoms with Crippen molar-refractivity contribution < 1.29 is 4.42 Å². The molecule has 0 atom stereocenters. The number of furan rings is 1. The van der Waals surface area contributed by atoms with Crippen molar-refractivity contribution in [1.82, 2.24) is 15.0 Å². The Balaban J connectivity index is 0.967. The number of rotatable bonds is 5. The first-order chi connectivity index (χ1) is 30.7. The van der Waals surface area contributed by atoms with E-state index in [2.05, 4.69) is 140 Å². The maximum absolute atomic E-state index is 6.54. The quantitative estimate of drug-likeness (QED) is 0.174. The first-order valence-electron chi connectivity index (χ1n) is 21.1. The Morgan fingerprint density at radius 2 is 0.790 bits per heavy atom. The molecule has 0 unspecified atom stereocenters. The third-order valence-electron chi connectivity index (χ3n) is 13.0. The van der Waals surface area contributed by atoms with Crippen LogP contribution in [-0.2, 0) is 5.41 Å². The maximum Gasteiger partial charge on any atom is 0.164 e. The molecule has 2 aliphatic rings. The number of hydrogen-bond donors (Lipinski definition) is 0. The van der Waals surface area contributed by atoms with Crippen molar-refractivity contribution >= 4 is 21.9 Å². The van der Waals surface area contributed by atoms with Crippen LogP contribution >= 0.6 is 0 Å². The van der Waals surface area contributed by atoms with Gasteiger partial charge in [-0.2, -0.15) is 0 Å². The number of hydrogen-bond acceptors (Lipinski definition) is 4. The van der Waals surface area contributed by atoms with Crippen LogP contribution in [0.25, 0.3) is 101 Å². The molecule has 62 heavy (non-hydrogen) atoms. The number of nitrogens with zero attached hydrogens (tertiary/aromatic N) is 3. The van der Waals surface area contributed by atoms with Gasteiger partial charge in [0.15, 0.2) is 17.5 Å². The van der Waals surface area contributed by atoms with E-state index in [1.807, 2.05) is 72.8 Å². The molecular weight excluding hydrogens is 755 g/mol. The van der Waals surface area contributed by atoms with E-state index in [0.717, 1.165) is 49.8 Å². The lowest BCUT2D eigenvalue weighted by atomic mass is 9.70. The van der Waals surface area contributed by atoms with E-state index in [4.69, 9.17) is 19.4 Å². The summed E-state index contributed by atoms with van der Waals surface area (Å²) in [5.41, 5.74) is 19.2. The summed E-state index contributed by atoms with van der Waals surface area (Å²) in [7, 11) is 0. The second kappa shape index (κ2) is 13.4. The van der Waals surface area contributed by atoms with E-state index in [9.17, 15) is 0 Å². The van der Waals surface area contributed by atoms with Crippen molar-refractivity contribution in [3.8, 4) is 78.7 Å². The summed E-state index contributed by atoms with van der Waals surface area (Å²) in [5, 5.41) is 1.99. The molecule has 4 heteroatoms. The number of aromatic nitrogens is 3. The van der Waals surface area contributed by atoms with Crippen LogP contribution in [0.15, 0.2) is 217 Å². The van der Waals surface area contributed by atoms with Crippen LogP contribution in [0.5, 0.6) is 0 Å². The molecule has 2 heterocycles. The van der Waals surface area contributed by atoms with Crippen molar-refractivity contribution in [1.29, 1.82) is 0 Å². The molecule has 0 fully saturated rings. The highest BCUT2D eigenvalue weighted by molar-refractivity contribution is 6.13. The first kappa shape index (κ1) is 34.6. The summed E-state index contributed by atoms with van der Waals surface area (Å²) in [6.45, 7) is 0. The van der Waals surface area contributed by atoms with Crippen LogP contribution < -0.4 is 0 Å². The Labute approximate surface area is 358 Å². The van der Waals surface area contributed by atoms with Crippen molar-refractivity contribution in [3.63, 3.8) is 0 Å². The zero-order chi connectivity index (χ0) is 40.8. The first-order valence-corrected chi connectivity index (χ1v) is 21.1. The predicted octanol–water partition coefficient (Wildman–Crippen LogP) is 14.4. The van der Waals surface area contributed by atoms with Gasteiger partial charge in [0.2, 0.25) is 0 Å². The predicted molar refractivity (Wildman–Crippen MR) is 251 cm³/mol. The monoisotopic (exact) mass is 789 g/mol. The lowest BCUT2D eigenvalue weighted by Gasteiger charge is -2.30. The Morgan fingerprint density at radius 1 is 0.306 bits per heavy atom. The molecular formula is C58H35N3O. The van der Waals surface area contributed by atoms with Crippen molar-refractivity contribution in [2.75, 3.05) is 0 Å². The molecule has 0 saturated heterocycles. The second-order valence-corrected chi connectivity index (χ2v) is 16.2. The van der Waals surface area contributed by atoms with Gasteiger partial charge in [0.1, 0.15) is 11.2 Å². The Bertz CT molecular complexity index is 3490. The summed E-state index contributed by atoms with van der Waals surface area (Å²) in [6, 6.07) is 75.7. The average molecular weight is 790 g/mol. The van der Waals surface area contributed by atoms with Gasteiger partial charge in [0.25, 0.3) is 0 Å². The van der Waals surface area contributed by atoms with E-state index in [1.54, 1.807) is 0 Å². The fourth-order valence-electron chi connectivity index (χ4n) is 10.4. The Morgan fingerprint density at radius 3 is 1.48 bits per heavy atom. The molecule has 2 aliphatic carbocycles. The van der Waals surface area contributed by atoms with Gasteiger partial charge in [-0.25, -0.2) is 15.0 Å². The van der Waals surface area contributed by atoms with Gasteiger partial charge in [-0.1, -0.05) is 188 Å². The van der Waals surface area contributed by atoms with E-state index in [0.29, 0.717) is 17.5 Å². The van der Waals surface area contributed by atoms with Crippen LogP contribution in [0.2, 0.25) is 0 Å². The molecule has 0 N–H and O–H groups in total. The Kier molecular flexibility index (Phi) is 7.49. The van der Waals surface area contributed by atoms with Gasteiger partial charge >= 0.3 is 0 Å². The van der Waals surface area contributed by atoms with Crippen LogP contribution in [0.3, 0.4) is 0 Å². The van der Waals surface area contributed by atoms with E-state index in [-0.39, 0.29) is 5.41 Å². The van der Waals surface area contributed by atoms with Gasteiger partial charge < -0.3 is 4.42 Å². The normalized spacial score (nSPS) is 13.0. The summed E-state index contributed by atoms with van der Waals surface area (Å²) in [5.74, 6) is 1.85. The highest BCUT2D eigenvalue weighted by atomic mass is 16.3. The van der Waals surface area contributed by atoms with Gasteiger partial charge in [0.05, 0.1) is 5.41 Å². The lowest BCUT2D eigenvalue weighted by Crippen LogP contribution is -2.25. The van der Waals surface area contributed by atoms with E-state index >= 15 is 0 Å². The minimum absolute atomic E-state index is 0.389. The highest BCUT2D eigenvalue weighted by Crippen LogP contribution is 2.64. The van der Waals surface area contributed by atoms with E-state index in [1.165, 1.54) is 55.6 Å².